The lowest BCUT2D eigenvalue weighted by Crippen LogP contribution is -2.51. The van der Waals surface area contributed by atoms with E-state index < -0.39 is 6.04 Å². The van der Waals surface area contributed by atoms with Gasteiger partial charge in [-0.1, -0.05) is 72.6 Å². The number of nitrogens with zero attached hydrogens (tertiary/aromatic N) is 1. The van der Waals surface area contributed by atoms with Crippen LogP contribution in [0.25, 0.3) is 0 Å². The fourth-order valence-electron chi connectivity index (χ4n) is 3.97. The molecule has 0 saturated carbocycles. The second kappa shape index (κ2) is 13.3. The van der Waals surface area contributed by atoms with E-state index in [1.54, 1.807) is 29.2 Å². The molecule has 1 atom stereocenters. The highest BCUT2D eigenvalue weighted by atomic mass is 35.5. The Labute approximate surface area is 223 Å². The van der Waals surface area contributed by atoms with Crippen molar-refractivity contribution >= 4 is 35.0 Å². The van der Waals surface area contributed by atoms with Crippen LogP contribution in [-0.4, -0.2) is 35.9 Å². The highest BCUT2D eigenvalue weighted by Crippen LogP contribution is 2.26. The van der Waals surface area contributed by atoms with Crippen LogP contribution in [0, 0.1) is 13.8 Å². The Bertz CT molecular complexity index is 1160. The molecule has 3 aromatic carbocycles. The Morgan fingerprint density at radius 2 is 1.61 bits per heavy atom. The second-order valence-corrected chi connectivity index (χ2v) is 9.62. The van der Waals surface area contributed by atoms with E-state index in [-0.39, 0.29) is 25.0 Å². The van der Waals surface area contributed by atoms with E-state index in [1.165, 1.54) is 0 Å². The Morgan fingerprint density at radius 3 is 2.25 bits per heavy atom. The van der Waals surface area contributed by atoms with E-state index in [0.29, 0.717) is 28.8 Å². The quantitative estimate of drug-likeness (QED) is 0.325. The third kappa shape index (κ3) is 7.74. The number of benzene rings is 3. The molecule has 0 saturated heterocycles. The first-order valence-corrected chi connectivity index (χ1v) is 12.8. The van der Waals surface area contributed by atoms with Gasteiger partial charge in [0, 0.05) is 29.6 Å². The summed E-state index contributed by atoms with van der Waals surface area (Å²) in [5, 5.41) is 4.21. The molecule has 190 valence electrons. The van der Waals surface area contributed by atoms with Crippen molar-refractivity contribution in [3.8, 4) is 5.75 Å². The van der Waals surface area contributed by atoms with Crippen molar-refractivity contribution in [1.29, 1.82) is 0 Å². The number of aryl methyl sites for hydroxylation is 2. The number of hydrogen-bond acceptors (Lipinski definition) is 3. The van der Waals surface area contributed by atoms with E-state index in [0.717, 1.165) is 28.7 Å². The Morgan fingerprint density at radius 1 is 0.944 bits per heavy atom. The lowest BCUT2D eigenvalue weighted by Gasteiger charge is -2.31. The maximum absolute atomic E-state index is 13.6. The lowest BCUT2D eigenvalue weighted by molar-refractivity contribution is -0.142. The molecule has 3 rings (SSSR count). The van der Waals surface area contributed by atoms with Crippen LogP contribution in [0.5, 0.6) is 5.75 Å². The zero-order chi connectivity index (χ0) is 26.1. The highest BCUT2D eigenvalue weighted by molar-refractivity contribution is 6.32. The molecule has 0 aliphatic heterocycles. The summed E-state index contributed by atoms with van der Waals surface area (Å²) in [5.74, 6) is 0.0579. The van der Waals surface area contributed by atoms with E-state index >= 15 is 0 Å². The molecule has 1 unspecified atom stereocenters. The van der Waals surface area contributed by atoms with Gasteiger partial charge in [0.1, 0.15) is 11.8 Å². The first kappa shape index (κ1) is 27.6. The van der Waals surface area contributed by atoms with E-state index in [9.17, 15) is 9.59 Å². The minimum absolute atomic E-state index is 0.200. The standard InChI is InChI=1S/C29H32Cl2N2O3/c1-4-13-32-29(35)26(17-22-9-6-5-7-10-22)33(18-23-11-8-12-24(30)16-23)27(34)19-36-25-14-20(2)28(31)21(3)15-25/h5-12,14-16,26H,4,13,17-19H2,1-3H3,(H,32,35). The summed E-state index contributed by atoms with van der Waals surface area (Å²) in [6.07, 6.45) is 1.17. The van der Waals surface area contributed by atoms with Crippen LogP contribution < -0.4 is 10.1 Å². The smallest absolute Gasteiger partial charge is 0.261 e. The van der Waals surface area contributed by atoms with Crippen LogP contribution in [0.2, 0.25) is 10.0 Å². The number of amides is 2. The number of nitrogens with one attached hydrogen (secondary N) is 1. The molecule has 0 radical (unpaired) electrons. The third-order valence-electron chi connectivity index (χ3n) is 5.83. The third-order valence-corrected chi connectivity index (χ3v) is 6.67. The van der Waals surface area contributed by atoms with Gasteiger partial charge in [-0.2, -0.15) is 0 Å². The fraction of sp³-hybridized carbons (Fsp3) is 0.310. The number of carbonyl (C=O) groups excluding carboxylic acids is 2. The van der Waals surface area contributed by atoms with E-state index in [4.69, 9.17) is 27.9 Å². The van der Waals surface area contributed by atoms with Crippen molar-refractivity contribution in [1.82, 2.24) is 10.2 Å². The average molecular weight is 527 g/mol. The predicted octanol–water partition coefficient (Wildman–Crippen LogP) is 6.16. The summed E-state index contributed by atoms with van der Waals surface area (Å²) in [7, 11) is 0. The molecule has 2 amide bonds. The molecule has 3 aromatic rings. The molecule has 0 aliphatic carbocycles. The summed E-state index contributed by atoms with van der Waals surface area (Å²) >= 11 is 12.5. The number of hydrogen-bond donors (Lipinski definition) is 1. The molecule has 5 nitrogen and oxygen atoms in total. The van der Waals surface area contributed by atoms with Gasteiger partial charge >= 0.3 is 0 Å². The molecule has 0 bridgehead atoms. The lowest BCUT2D eigenvalue weighted by atomic mass is 10.0. The van der Waals surface area contributed by atoms with Gasteiger partial charge in [-0.3, -0.25) is 9.59 Å². The summed E-state index contributed by atoms with van der Waals surface area (Å²) < 4.78 is 5.88. The molecule has 36 heavy (non-hydrogen) atoms. The minimum Gasteiger partial charge on any atom is -0.484 e. The van der Waals surface area contributed by atoms with Crippen LogP contribution in [0.3, 0.4) is 0 Å². The van der Waals surface area contributed by atoms with Crippen LogP contribution in [0.1, 0.15) is 35.6 Å². The van der Waals surface area contributed by atoms with Crippen molar-refractivity contribution in [2.45, 2.75) is 46.2 Å². The SMILES string of the molecule is CCCNC(=O)C(Cc1ccccc1)N(Cc1cccc(Cl)c1)C(=O)COc1cc(C)c(Cl)c(C)c1. The topological polar surface area (TPSA) is 58.6 Å². The van der Waals surface area contributed by atoms with Crippen molar-refractivity contribution in [2.24, 2.45) is 0 Å². The van der Waals surface area contributed by atoms with Gasteiger partial charge in [-0.25, -0.2) is 0 Å². The zero-order valence-corrected chi connectivity index (χ0v) is 22.4. The van der Waals surface area contributed by atoms with Crippen LogP contribution in [0.4, 0.5) is 0 Å². The van der Waals surface area contributed by atoms with Gasteiger partial charge in [-0.15, -0.1) is 0 Å². The van der Waals surface area contributed by atoms with Crippen molar-refractivity contribution in [3.63, 3.8) is 0 Å². The van der Waals surface area contributed by atoms with Crippen LogP contribution in [-0.2, 0) is 22.6 Å². The first-order valence-electron chi connectivity index (χ1n) is 12.0. The molecule has 1 N–H and O–H groups in total. The largest absolute Gasteiger partial charge is 0.484 e. The van der Waals surface area contributed by atoms with Crippen LogP contribution in [0.15, 0.2) is 66.7 Å². The Kier molecular flexibility index (Phi) is 10.2. The molecule has 0 spiro atoms. The molecule has 0 aliphatic rings. The predicted molar refractivity (Wildman–Crippen MR) is 146 cm³/mol. The van der Waals surface area contributed by atoms with Crippen LogP contribution >= 0.6 is 23.2 Å². The summed E-state index contributed by atoms with van der Waals surface area (Å²) in [6.45, 7) is 6.31. The van der Waals surface area contributed by atoms with E-state index in [1.807, 2.05) is 63.2 Å². The molecule has 0 heterocycles. The summed E-state index contributed by atoms with van der Waals surface area (Å²) in [5.41, 5.74) is 3.53. The molecule has 0 aromatic heterocycles. The van der Waals surface area contributed by atoms with E-state index in [2.05, 4.69) is 5.32 Å². The van der Waals surface area contributed by atoms with Gasteiger partial charge in [0.25, 0.3) is 5.91 Å². The maximum atomic E-state index is 13.6. The molecule has 7 heteroatoms. The maximum Gasteiger partial charge on any atom is 0.261 e. The number of rotatable bonds is 11. The minimum atomic E-state index is -0.720. The van der Waals surface area contributed by atoms with Gasteiger partial charge < -0.3 is 15.0 Å². The highest BCUT2D eigenvalue weighted by Gasteiger charge is 2.30. The van der Waals surface area contributed by atoms with Gasteiger partial charge in [0.05, 0.1) is 0 Å². The van der Waals surface area contributed by atoms with Gasteiger partial charge in [-0.05, 0) is 66.8 Å². The zero-order valence-electron chi connectivity index (χ0n) is 20.9. The number of ether oxygens (including phenoxy) is 1. The second-order valence-electron chi connectivity index (χ2n) is 8.81. The van der Waals surface area contributed by atoms with Gasteiger partial charge in [0.2, 0.25) is 5.91 Å². The molecular formula is C29H32Cl2N2O3. The number of halogens is 2. The number of carbonyl (C=O) groups is 2. The molecule has 0 fully saturated rings. The normalized spacial score (nSPS) is 11.6. The van der Waals surface area contributed by atoms with Crippen molar-refractivity contribution < 1.29 is 14.3 Å². The first-order chi connectivity index (χ1) is 17.3. The fourth-order valence-corrected chi connectivity index (χ4v) is 4.29. The van der Waals surface area contributed by atoms with Crippen molar-refractivity contribution in [3.05, 3.63) is 99.0 Å². The van der Waals surface area contributed by atoms with Crippen molar-refractivity contribution in [2.75, 3.05) is 13.2 Å². The molecular weight excluding hydrogens is 495 g/mol. The Hall–Kier alpha value is -3.02. The Balaban J connectivity index is 1.91. The summed E-state index contributed by atoms with van der Waals surface area (Å²) in [4.78, 5) is 28.5. The average Bonchev–Trinajstić information content (AvgIpc) is 2.87. The van der Waals surface area contributed by atoms with Gasteiger partial charge in [0.15, 0.2) is 6.61 Å². The monoisotopic (exact) mass is 526 g/mol. The summed E-state index contributed by atoms with van der Waals surface area (Å²) in [6, 6.07) is 19.9.